The second-order valence-electron chi connectivity index (χ2n) is 8.67. The fourth-order valence-corrected chi connectivity index (χ4v) is 5.29. The fourth-order valence-electron chi connectivity index (χ4n) is 4.48. The Morgan fingerprint density at radius 3 is 2.24 bits per heavy atom. The van der Waals surface area contributed by atoms with Crippen molar-refractivity contribution in [1.29, 1.82) is 0 Å². The first kappa shape index (κ1) is 26.3. The molecule has 0 aromatic heterocycles. The summed E-state index contributed by atoms with van der Waals surface area (Å²) >= 11 is 0. The van der Waals surface area contributed by atoms with Crippen LogP contribution in [0.2, 0.25) is 0 Å². The molecule has 9 nitrogen and oxygen atoms in total. The van der Waals surface area contributed by atoms with E-state index in [1.54, 1.807) is 31.3 Å². The van der Waals surface area contributed by atoms with Gasteiger partial charge in [0.2, 0.25) is 0 Å². The molecule has 10 heteroatoms. The number of hydrogen-bond acceptors (Lipinski definition) is 7. The molecule has 0 aliphatic carbocycles. The number of benzene rings is 3. The van der Waals surface area contributed by atoms with Crippen molar-refractivity contribution in [3.63, 3.8) is 0 Å². The van der Waals surface area contributed by atoms with Gasteiger partial charge in [-0.1, -0.05) is 54.6 Å². The van der Waals surface area contributed by atoms with Crippen LogP contribution in [0.15, 0.2) is 77.8 Å². The molecule has 1 heterocycles. The van der Waals surface area contributed by atoms with Gasteiger partial charge >= 0.3 is 0 Å². The zero-order valence-corrected chi connectivity index (χ0v) is 21.6. The van der Waals surface area contributed by atoms with Gasteiger partial charge in [0.05, 0.1) is 13.2 Å². The van der Waals surface area contributed by atoms with Crippen molar-refractivity contribution in [2.24, 2.45) is 10.7 Å². The molecule has 1 amide bonds. The highest BCUT2D eigenvalue weighted by Crippen LogP contribution is 2.41. The number of rotatable bonds is 9. The maximum absolute atomic E-state index is 13.7. The summed E-state index contributed by atoms with van der Waals surface area (Å²) in [4.78, 5) is 19.6. The lowest BCUT2D eigenvalue weighted by Crippen LogP contribution is -2.41. The van der Waals surface area contributed by atoms with Crippen molar-refractivity contribution in [2.45, 2.75) is 17.7 Å². The highest BCUT2D eigenvalue weighted by Gasteiger charge is 2.49. The Labute approximate surface area is 216 Å². The van der Waals surface area contributed by atoms with Crippen molar-refractivity contribution in [2.75, 3.05) is 27.4 Å². The van der Waals surface area contributed by atoms with Crippen LogP contribution in [0, 0.1) is 0 Å². The monoisotopic (exact) mass is 523 g/mol. The molecule has 0 saturated heterocycles. The summed E-state index contributed by atoms with van der Waals surface area (Å²) in [6.45, 7) is 2.24. The fraction of sp³-hybridized carbons (Fsp3) is 0.259. The summed E-state index contributed by atoms with van der Waals surface area (Å²) in [7, 11) is -1.50. The molecule has 2 unspecified atom stereocenters. The second-order valence-corrected chi connectivity index (χ2v) is 10.3. The Kier molecular flexibility index (Phi) is 7.35. The number of carbonyl (C=O) groups is 1. The standard InChI is InChI=1S/C27H29N3O6S/c1-4-36-23-10-6-8-20(16-23)19-7-5-9-22(15-19)27(25(31)30(2)26(28)29-27)21-13-11-18(12-14-21)24(17-35-3)37(32,33)34/h5-16,24H,4,17H2,1-3H3,(H2,28,29)(H,32,33,34). The quantitative estimate of drug-likeness (QED) is 0.411. The van der Waals surface area contributed by atoms with Gasteiger partial charge in [0.15, 0.2) is 11.5 Å². The Bertz CT molecular complexity index is 1440. The van der Waals surface area contributed by atoms with Crippen LogP contribution in [0.1, 0.15) is 28.9 Å². The average Bonchev–Trinajstić information content (AvgIpc) is 3.12. The molecule has 194 valence electrons. The number of nitrogens with two attached hydrogens (primary N) is 1. The Morgan fingerprint density at radius 1 is 1.03 bits per heavy atom. The molecule has 3 aromatic rings. The summed E-state index contributed by atoms with van der Waals surface area (Å²) in [5.74, 6) is 0.452. The molecule has 0 radical (unpaired) electrons. The Morgan fingerprint density at radius 2 is 1.68 bits per heavy atom. The molecule has 1 aliphatic rings. The lowest BCUT2D eigenvalue weighted by Gasteiger charge is -2.27. The van der Waals surface area contributed by atoms with Crippen LogP contribution in [0.25, 0.3) is 11.1 Å². The molecular formula is C27H29N3O6S. The van der Waals surface area contributed by atoms with Gasteiger partial charge in [0, 0.05) is 14.2 Å². The van der Waals surface area contributed by atoms with Gasteiger partial charge in [-0.15, -0.1) is 0 Å². The number of likely N-dealkylation sites (N-methyl/N-ethyl adjacent to an activating group) is 1. The molecule has 2 atom stereocenters. The van der Waals surface area contributed by atoms with Crippen LogP contribution in [0.4, 0.5) is 0 Å². The average molecular weight is 524 g/mol. The lowest BCUT2D eigenvalue weighted by molar-refractivity contribution is -0.129. The van der Waals surface area contributed by atoms with E-state index in [-0.39, 0.29) is 18.5 Å². The van der Waals surface area contributed by atoms with Crippen LogP contribution in [0.5, 0.6) is 5.75 Å². The van der Waals surface area contributed by atoms with Gasteiger partial charge < -0.3 is 15.2 Å². The predicted molar refractivity (Wildman–Crippen MR) is 141 cm³/mol. The zero-order chi connectivity index (χ0) is 26.8. The van der Waals surface area contributed by atoms with Crippen LogP contribution in [0.3, 0.4) is 0 Å². The number of nitrogens with zero attached hydrogens (tertiary/aromatic N) is 2. The minimum Gasteiger partial charge on any atom is -0.494 e. The minimum atomic E-state index is -4.41. The molecule has 1 aliphatic heterocycles. The number of hydrogen-bond donors (Lipinski definition) is 2. The number of amides is 1. The predicted octanol–water partition coefficient (Wildman–Crippen LogP) is 3.36. The first-order chi connectivity index (χ1) is 17.6. The summed E-state index contributed by atoms with van der Waals surface area (Å²) in [5, 5.41) is -1.26. The number of guanidine groups is 1. The largest absolute Gasteiger partial charge is 0.494 e. The first-order valence-corrected chi connectivity index (χ1v) is 13.1. The van der Waals surface area contributed by atoms with E-state index in [1.807, 2.05) is 55.5 Å². The minimum absolute atomic E-state index is 0.0630. The third-order valence-electron chi connectivity index (χ3n) is 6.38. The van der Waals surface area contributed by atoms with Crippen molar-refractivity contribution in [3.8, 4) is 16.9 Å². The van der Waals surface area contributed by atoms with E-state index in [2.05, 4.69) is 4.99 Å². The van der Waals surface area contributed by atoms with Gasteiger partial charge in [0.25, 0.3) is 16.0 Å². The Balaban J connectivity index is 1.84. The SMILES string of the molecule is CCOc1cccc(-c2cccc(C3(c4ccc(C(COC)S(=O)(=O)O)cc4)N=C(N)N(C)C3=O)c2)c1. The smallest absolute Gasteiger partial charge is 0.274 e. The van der Waals surface area contributed by atoms with E-state index < -0.39 is 20.9 Å². The van der Waals surface area contributed by atoms with E-state index >= 15 is 0 Å². The summed E-state index contributed by atoms with van der Waals surface area (Å²) in [6.07, 6.45) is 0. The van der Waals surface area contributed by atoms with E-state index in [0.29, 0.717) is 23.3 Å². The highest BCUT2D eigenvalue weighted by atomic mass is 32.2. The Hall–Kier alpha value is -3.73. The number of carbonyl (C=O) groups excluding carboxylic acids is 1. The summed E-state index contributed by atoms with van der Waals surface area (Å²) in [5.41, 5.74) is 7.82. The molecule has 3 N–H and O–H groups in total. The molecule has 0 spiro atoms. The third-order valence-corrected chi connectivity index (χ3v) is 7.50. The highest BCUT2D eigenvalue weighted by molar-refractivity contribution is 7.86. The lowest BCUT2D eigenvalue weighted by atomic mass is 9.81. The number of ether oxygens (including phenoxy) is 2. The molecule has 0 fully saturated rings. The van der Waals surface area contributed by atoms with Crippen LogP contribution in [-0.2, 0) is 25.2 Å². The van der Waals surface area contributed by atoms with Gasteiger partial charge in [-0.25, -0.2) is 4.99 Å². The van der Waals surface area contributed by atoms with Crippen molar-refractivity contribution >= 4 is 22.0 Å². The van der Waals surface area contributed by atoms with Gasteiger partial charge in [-0.3, -0.25) is 14.2 Å². The van der Waals surface area contributed by atoms with Crippen molar-refractivity contribution in [1.82, 2.24) is 4.90 Å². The maximum atomic E-state index is 13.7. The molecule has 3 aromatic carbocycles. The van der Waals surface area contributed by atoms with Crippen molar-refractivity contribution < 1.29 is 27.2 Å². The van der Waals surface area contributed by atoms with Gasteiger partial charge in [-0.2, -0.15) is 8.42 Å². The molecular weight excluding hydrogens is 494 g/mol. The number of aliphatic imine (C=N–C) groups is 1. The first-order valence-electron chi connectivity index (χ1n) is 11.6. The van der Waals surface area contributed by atoms with E-state index in [9.17, 15) is 17.8 Å². The van der Waals surface area contributed by atoms with Gasteiger partial charge in [0.1, 0.15) is 11.0 Å². The molecule has 37 heavy (non-hydrogen) atoms. The van der Waals surface area contributed by atoms with Crippen LogP contribution in [-0.4, -0.2) is 57.1 Å². The second kappa shape index (κ2) is 10.3. The molecule has 0 bridgehead atoms. The van der Waals surface area contributed by atoms with E-state index in [0.717, 1.165) is 16.9 Å². The third kappa shape index (κ3) is 4.95. The van der Waals surface area contributed by atoms with Crippen molar-refractivity contribution in [3.05, 3.63) is 89.5 Å². The topological polar surface area (TPSA) is 132 Å². The normalized spacial score (nSPS) is 18.5. The maximum Gasteiger partial charge on any atom is 0.274 e. The summed E-state index contributed by atoms with van der Waals surface area (Å²) in [6, 6.07) is 21.5. The summed E-state index contributed by atoms with van der Waals surface area (Å²) < 4.78 is 44.1. The van der Waals surface area contributed by atoms with E-state index in [1.165, 1.54) is 12.0 Å². The number of methoxy groups -OCH3 is 1. The van der Waals surface area contributed by atoms with Gasteiger partial charge in [-0.05, 0) is 52.9 Å². The van der Waals surface area contributed by atoms with Crippen LogP contribution < -0.4 is 10.5 Å². The van der Waals surface area contributed by atoms with E-state index in [4.69, 9.17) is 15.2 Å². The molecule has 4 rings (SSSR count). The molecule has 0 saturated carbocycles. The van der Waals surface area contributed by atoms with Crippen LogP contribution >= 0.6 is 0 Å². The zero-order valence-electron chi connectivity index (χ0n) is 20.8.